The maximum Gasteiger partial charge on any atom is 0.217 e. The summed E-state index contributed by atoms with van der Waals surface area (Å²) >= 11 is 0. The van der Waals surface area contributed by atoms with Gasteiger partial charge in [0.25, 0.3) is 0 Å². The molecular weight excluding hydrogens is 128 g/mol. The first-order valence-electron chi connectivity index (χ1n) is 3.61. The van der Waals surface area contributed by atoms with E-state index in [1.54, 1.807) is 6.92 Å². The van der Waals surface area contributed by atoms with Gasteiger partial charge < -0.3 is 11.1 Å². The smallest absolute Gasteiger partial charge is 0.217 e. The van der Waals surface area contributed by atoms with Gasteiger partial charge in [0, 0.05) is 18.0 Å². The molecule has 10 heavy (non-hydrogen) atoms. The van der Waals surface area contributed by atoms with Crippen LogP contribution in [0.1, 0.15) is 26.2 Å². The van der Waals surface area contributed by atoms with Gasteiger partial charge in [0.1, 0.15) is 0 Å². The number of carbonyl (C=O) groups excluding carboxylic acids is 1. The highest BCUT2D eigenvalue weighted by atomic mass is 16.1. The van der Waals surface area contributed by atoms with E-state index in [9.17, 15) is 4.79 Å². The van der Waals surface area contributed by atoms with E-state index in [-0.39, 0.29) is 17.0 Å². The normalized spacial score (nSPS) is 49.0. The molecule has 0 aromatic heterocycles. The SMILES string of the molecule is CC(=O)NC12CC(N)(C1)C2. The van der Waals surface area contributed by atoms with Crippen LogP contribution in [0.2, 0.25) is 0 Å². The molecule has 3 fully saturated rings. The Hall–Kier alpha value is -0.570. The van der Waals surface area contributed by atoms with Crippen LogP contribution in [-0.2, 0) is 4.79 Å². The monoisotopic (exact) mass is 140 g/mol. The van der Waals surface area contributed by atoms with Crippen LogP contribution in [0.5, 0.6) is 0 Å². The highest BCUT2D eigenvalue weighted by Gasteiger charge is 2.66. The molecule has 3 aliphatic rings. The molecule has 1 amide bonds. The Bertz CT molecular complexity index is 180. The van der Waals surface area contributed by atoms with Crippen molar-refractivity contribution in [3.63, 3.8) is 0 Å². The Kier molecular flexibility index (Phi) is 0.844. The third-order valence-corrected chi connectivity index (χ3v) is 2.51. The quantitative estimate of drug-likeness (QED) is 0.528. The molecule has 0 radical (unpaired) electrons. The standard InChI is InChI=1S/C7H12N2O/c1-5(10)9-7-2-6(8,3-7)4-7/h2-4,8H2,1H3,(H,9,10). The van der Waals surface area contributed by atoms with Crippen LogP contribution in [0, 0.1) is 0 Å². The summed E-state index contributed by atoms with van der Waals surface area (Å²) in [6.45, 7) is 1.56. The van der Waals surface area contributed by atoms with Crippen LogP contribution < -0.4 is 11.1 Å². The van der Waals surface area contributed by atoms with Crippen molar-refractivity contribution in [1.82, 2.24) is 5.32 Å². The van der Waals surface area contributed by atoms with Gasteiger partial charge in [0.05, 0.1) is 0 Å². The van der Waals surface area contributed by atoms with Crippen LogP contribution in [0.3, 0.4) is 0 Å². The molecule has 0 aromatic rings. The fourth-order valence-electron chi connectivity index (χ4n) is 2.37. The van der Waals surface area contributed by atoms with Gasteiger partial charge in [-0.1, -0.05) is 0 Å². The summed E-state index contributed by atoms with van der Waals surface area (Å²) in [5.74, 6) is 0.0711. The first-order valence-corrected chi connectivity index (χ1v) is 3.61. The summed E-state index contributed by atoms with van der Waals surface area (Å²) in [5.41, 5.74) is 6.02. The Labute approximate surface area is 60.0 Å². The van der Waals surface area contributed by atoms with Crippen molar-refractivity contribution < 1.29 is 4.79 Å². The Morgan fingerprint density at radius 1 is 1.50 bits per heavy atom. The van der Waals surface area contributed by atoms with Gasteiger partial charge in [-0.2, -0.15) is 0 Å². The Balaban J connectivity index is 1.93. The molecule has 0 aromatic carbocycles. The van der Waals surface area contributed by atoms with Gasteiger partial charge in [0.2, 0.25) is 5.91 Å². The number of rotatable bonds is 1. The molecule has 0 aliphatic heterocycles. The first-order chi connectivity index (χ1) is 4.54. The number of hydrogen-bond donors (Lipinski definition) is 2. The van der Waals surface area contributed by atoms with Gasteiger partial charge in [-0.15, -0.1) is 0 Å². The lowest BCUT2D eigenvalue weighted by Crippen LogP contribution is -2.82. The largest absolute Gasteiger partial charge is 0.351 e. The summed E-state index contributed by atoms with van der Waals surface area (Å²) in [7, 11) is 0. The van der Waals surface area contributed by atoms with Crippen molar-refractivity contribution in [2.45, 2.75) is 37.3 Å². The van der Waals surface area contributed by atoms with Crippen LogP contribution in [0.15, 0.2) is 0 Å². The van der Waals surface area contributed by atoms with E-state index >= 15 is 0 Å². The third-order valence-electron chi connectivity index (χ3n) is 2.51. The number of carbonyl (C=O) groups is 1. The topological polar surface area (TPSA) is 55.1 Å². The van der Waals surface area contributed by atoms with Gasteiger partial charge in [-0.05, 0) is 19.3 Å². The molecule has 0 atom stereocenters. The van der Waals surface area contributed by atoms with E-state index < -0.39 is 0 Å². The summed E-state index contributed by atoms with van der Waals surface area (Å²) in [4.78, 5) is 10.6. The minimum absolute atomic E-state index is 0.0711. The van der Waals surface area contributed by atoms with Crippen molar-refractivity contribution in [3.8, 4) is 0 Å². The number of hydrogen-bond acceptors (Lipinski definition) is 2. The molecule has 3 saturated carbocycles. The molecule has 3 nitrogen and oxygen atoms in total. The minimum Gasteiger partial charge on any atom is -0.351 e. The number of amides is 1. The molecule has 0 spiro atoms. The molecular formula is C7H12N2O. The highest BCUT2D eigenvalue weighted by Crippen LogP contribution is 2.58. The Morgan fingerprint density at radius 2 is 2.00 bits per heavy atom. The third kappa shape index (κ3) is 0.611. The lowest BCUT2D eigenvalue weighted by Gasteiger charge is -2.68. The second kappa shape index (κ2) is 1.37. The summed E-state index contributed by atoms with van der Waals surface area (Å²) in [6.07, 6.45) is 2.96. The van der Waals surface area contributed by atoms with E-state index in [0.29, 0.717) is 0 Å². The minimum atomic E-state index is 0.0711. The predicted molar refractivity (Wildman–Crippen MR) is 37.3 cm³/mol. The van der Waals surface area contributed by atoms with E-state index in [1.165, 1.54) is 0 Å². The van der Waals surface area contributed by atoms with Crippen LogP contribution in [-0.4, -0.2) is 17.0 Å². The zero-order valence-corrected chi connectivity index (χ0v) is 6.11. The summed E-state index contributed by atoms with van der Waals surface area (Å²) < 4.78 is 0. The molecule has 3 aliphatic carbocycles. The molecule has 3 heteroatoms. The van der Waals surface area contributed by atoms with Crippen molar-refractivity contribution >= 4 is 5.91 Å². The maximum absolute atomic E-state index is 10.6. The van der Waals surface area contributed by atoms with E-state index in [0.717, 1.165) is 19.3 Å². The second-order valence-electron chi connectivity index (χ2n) is 3.85. The fraction of sp³-hybridized carbons (Fsp3) is 0.857. The average Bonchev–Trinajstić information content (AvgIpc) is 1.56. The van der Waals surface area contributed by atoms with Gasteiger partial charge in [-0.3, -0.25) is 4.79 Å². The van der Waals surface area contributed by atoms with Crippen LogP contribution in [0.4, 0.5) is 0 Å². The van der Waals surface area contributed by atoms with E-state index in [2.05, 4.69) is 5.32 Å². The number of nitrogens with two attached hydrogens (primary N) is 1. The zero-order chi connectivity index (χ0) is 7.41. The molecule has 0 saturated heterocycles. The predicted octanol–water partition coefficient (Wildman–Crippen LogP) is -0.244. The molecule has 0 heterocycles. The molecule has 3 N–H and O–H groups in total. The molecule has 0 unspecified atom stereocenters. The van der Waals surface area contributed by atoms with Crippen molar-refractivity contribution in [3.05, 3.63) is 0 Å². The van der Waals surface area contributed by atoms with E-state index in [1.807, 2.05) is 0 Å². The molecule has 2 bridgehead atoms. The van der Waals surface area contributed by atoms with Gasteiger partial charge in [0.15, 0.2) is 0 Å². The van der Waals surface area contributed by atoms with Crippen molar-refractivity contribution in [1.29, 1.82) is 0 Å². The maximum atomic E-state index is 10.6. The van der Waals surface area contributed by atoms with Gasteiger partial charge in [-0.25, -0.2) is 0 Å². The van der Waals surface area contributed by atoms with Crippen LogP contribution in [0.25, 0.3) is 0 Å². The average molecular weight is 140 g/mol. The number of nitrogens with one attached hydrogen (secondary N) is 1. The lowest BCUT2D eigenvalue weighted by molar-refractivity contribution is -0.133. The molecule has 56 valence electrons. The first kappa shape index (κ1) is 6.16. The second-order valence-corrected chi connectivity index (χ2v) is 3.85. The molecule has 3 rings (SSSR count). The van der Waals surface area contributed by atoms with Gasteiger partial charge >= 0.3 is 0 Å². The summed E-state index contributed by atoms with van der Waals surface area (Å²) in [5, 5.41) is 2.93. The lowest BCUT2D eigenvalue weighted by atomic mass is 9.44. The van der Waals surface area contributed by atoms with Crippen molar-refractivity contribution in [2.24, 2.45) is 5.73 Å². The van der Waals surface area contributed by atoms with E-state index in [4.69, 9.17) is 5.73 Å². The summed E-state index contributed by atoms with van der Waals surface area (Å²) in [6, 6.07) is 0. The zero-order valence-electron chi connectivity index (χ0n) is 6.11. The Morgan fingerprint density at radius 3 is 2.30 bits per heavy atom. The fourth-order valence-corrected chi connectivity index (χ4v) is 2.37. The van der Waals surface area contributed by atoms with Crippen LogP contribution >= 0.6 is 0 Å². The van der Waals surface area contributed by atoms with Crippen molar-refractivity contribution in [2.75, 3.05) is 0 Å². The highest BCUT2D eigenvalue weighted by molar-refractivity contribution is 5.74.